The van der Waals surface area contributed by atoms with Gasteiger partial charge in [0.05, 0.1) is 0 Å². The first-order chi connectivity index (χ1) is 8.69. The van der Waals surface area contributed by atoms with E-state index in [1.807, 2.05) is 50.4 Å². The minimum Gasteiger partial charge on any atom is -0.344 e. The van der Waals surface area contributed by atoms with Crippen LogP contribution in [0.4, 0.5) is 0 Å². The summed E-state index contributed by atoms with van der Waals surface area (Å²) < 4.78 is 1.80. The number of nitrogens with zero attached hydrogens (tertiary/aromatic N) is 1. The van der Waals surface area contributed by atoms with E-state index < -0.39 is 5.78 Å². The zero-order valence-electron chi connectivity index (χ0n) is 10.5. The van der Waals surface area contributed by atoms with Crippen molar-refractivity contribution in [2.75, 3.05) is 0 Å². The molecule has 18 heavy (non-hydrogen) atoms. The van der Waals surface area contributed by atoms with Crippen molar-refractivity contribution in [3.05, 3.63) is 47.8 Å². The van der Waals surface area contributed by atoms with Gasteiger partial charge in [0.15, 0.2) is 6.29 Å². The molecule has 0 saturated heterocycles. The topological polar surface area (TPSA) is 39.1 Å². The van der Waals surface area contributed by atoms with Crippen molar-refractivity contribution in [2.45, 2.75) is 13.3 Å². The van der Waals surface area contributed by atoms with Crippen molar-refractivity contribution in [3.8, 4) is 11.1 Å². The standard InChI is InChI=1S/C15H15NO2/c1-3-12-9-13(11-7-5-4-6-8-11)15(16(12)2)14(18)10-17/h4-10H,3H2,1-2H3. The summed E-state index contributed by atoms with van der Waals surface area (Å²) in [5.41, 5.74) is 3.29. The number of hydrogen-bond acceptors (Lipinski definition) is 2. The SMILES string of the molecule is CCc1cc(-c2ccccc2)c(C(=O)C=O)n1C. The van der Waals surface area contributed by atoms with Gasteiger partial charge in [0.1, 0.15) is 5.69 Å². The summed E-state index contributed by atoms with van der Waals surface area (Å²) in [5, 5.41) is 0. The van der Waals surface area contributed by atoms with E-state index in [-0.39, 0.29) is 0 Å². The predicted molar refractivity (Wildman–Crippen MR) is 70.6 cm³/mol. The Bertz CT molecular complexity index is 582. The molecule has 2 rings (SSSR count). The highest BCUT2D eigenvalue weighted by Crippen LogP contribution is 2.27. The van der Waals surface area contributed by atoms with Crippen LogP contribution in [0.2, 0.25) is 0 Å². The van der Waals surface area contributed by atoms with Crippen molar-refractivity contribution in [1.29, 1.82) is 0 Å². The number of benzene rings is 1. The van der Waals surface area contributed by atoms with Crippen LogP contribution in [0.15, 0.2) is 36.4 Å². The van der Waals surface area contributed by atoms with Gasteiger partial charge in [-0.15, -0.1) is 0 Å². The molecular formula is C15H15NO2. The van der Waals surface area contributed by atoms with E-state index in [0.717, 1.165) is 23.2 Å². The predicted octanol–water partition coefficient (Wildman–Crippen LogP) is 2.64. The van der Waals surface area contributed by atoms with Crippen molar-refractivity contribution in [1.82, 2.24) is 4.57 Å². The minimum absolute atomic E-state index is 0.376. The number of rotatable bonds is 4. The summed E-state index contributed by atoms with van der Waals surface area (Å²) in [5.74, 6) is -0.476. The maximum absolute atomic E-state index is 11.8. The summed E-state index contributed by atoms with van der Waals surface area (Å²) >= 11 is 0. The molecule has 0 aliphatic heterocycles. The number of carbonyl (C=O) groups is 2. The molecule has 0 atom stereocenters. The van der Waals surface area contributed by atoms with Gasteiger partial charge >= 0.3 is 0 Å². The first-order valence-corrected chi connectivity index (χ1v) is 5.92. The number of carbonyl (C=O) groups excluding carboxylic acids is 2. The van der Waals surface area contributed by atoms with E-state index in [9.17, 15) is 9.59 Å². The number of aryl methyl sites for hydroxylation is 1. The van der Waals surface area contributed by atoms with E-state index in [2.05, 4.69) is 0 Å². The van der Waals surface area contributed by atoms with E-state index in [4.69, 9.17) is 0 Å². The zero-order chi connectivity index (χ0) is 13.1. The quantitative estimate of drug-likeness (QED) is 0.469. The van der Waals surface area contributed by atoms with Gasteiger partial charge in [-0.1, -0.05) is 37.3 Å². The molecule has 0 unspecified atom stereocenters. The second-order valence-corrected chi connectivity index (χ2v) is 4.16. The summed E-state index contributed by atoms with van der Waals surface area (Å²) in [4.78, 5) is 22.5. The van der Waals surface area contributed by atoms with E-state index in [1.54, 1.807) is 4.57 Å². The first-order valence-electron chi connectivity index (χ1n) is 5.92. The summed E-state index contributed by atoms with van der Waals surface area (Å²) in [6.07, 6.45) is 1.20. The van der Waals surface area contributed by atoms with Crippen molar-refractivity contribution >= 4 is 12.1 Å². The monoisotopic (exact) mass is 241 g/mol. The van der Waals surface area contributed by atoms with Crippen molar-refractivity contribution in [3.63, 3.8) is 0 Å². The van der Waals surface area contributed by atoms with Gasteiger partial charge in [-0.05, 0) is 18.1 Å². The molecule has 0 radical (unpaired) electrons. The lowest BCUT2D eigenvalue weighted by Crippen LogP contribution is -2.09. The molecule has 0 amide bonds. The first kappa shape index (κ1) is 12.3. The zero-order valence-corrected chi connectivity index (χ0v) is 10.5. The van der Waals surface area contributed by atoms with Crippen LogP contribution < -0.4 is 0 Å². The number of aromatic nitrogens is 1. The molecule has 0 aliphatic rings. The molecule has 1 aromatic heterocycles. The smallest absolute Gasteiger partial charge is 0.242 e. The van der Waals surface area contributed by atoms with Crippen molar-refractivity contribution in [2.24, 2.45) is 7.05 Å². The van der Waals surface area contributed by atoms with Gasteiger partial charge in [-0.3, -0.25) is 9.59 Å². The Morgan fingerprint density at radius 3 is 2.50 bits per heavy atom. The van der Waals surface area contributed by atoms with Gasteiger partial charge in [-0.2, -0.15) is 0 Å². The molecule has 0 N–H and O–H groups in total. The van der Waals surface area contributed by atoms with Crippen LogP contribution in [-0.4, -0.2) is 16.6 Å². The molecule has 0 saturated carbocycles. The largest absolute Gasteiger partial charge is 0.344 e. The normalized spacial score (nSPS) is 10.3. The third-order valence-electron chi connectivity index (χ3n) is 3.12. The van der Waals surface area contributed by atoms with Gasteiger partial charge in [0, 0.05) is 18.3 Å². The van der Waals surface area contributed by atoms with Crippen LogP contribution in [-0.2, 0) is 18.3 Å². The highest BCUT2D eigenvalue weighted by molar-refractivity contribution is 6.34. The van der Waals surface area contributed by atoms with Crippen LogP contribution in [0, 0.1) is 0 Å². The van der Waals surface area contributed by atoms with Crippen LogP contribution in [0.3, 0.4) is 0 Å². The molecule has 2 aromatic rings. The average molecular weight is 241 g/mol. The third kappa shape index (κ3) is 1.99. The Balaban J connectivity index is 2.67. The summed E-state index contributed by atoms with van der Waals surface area (Å²) in [6, 6.07) is 11.6. The Kier molecular flexibility index (Phi) is 3.42. The second kappa shape index (κ2) is 5.00. The van der Waals surface area contributed by atoms with Crippen molar-refractivity contribution < 1.29 is 9.59 Å². The maximum Gasteiger partial charge on any atom is 0.242 e. The number of aldehydes is 1. The van der Waals surface area contributed by atoms with Gasteiger partial charge in [0.25, 0.3) is 0 Å². The molecule has 1 heterocycles. The number of ketones is 1. The highest BCUT2D eigenvalue weighted by atomic mass is 16.2. The number of hydrogen-bond donors (Lipinski definition) is 0. The summed E-state index contributed by atoms with van der Waals surface area (Å²) in [6.45, 7) is 2.03. The fourth-order valence-corrected chi connectivity index (χ4v) is 2.19. The van der Waals surface area contributed by atoms with Crippen LogP contribution in [0.25, 0.3) is 11.1 Å². The third-order valence-corrected chi connectivity index (χ3v) is 3.12. The lowest BCUT2D eigenvalue weighted by molar-refractivity contribution is -0.104. The molecule has 3 nitrogen and oxygen atoms in total. The molecule has 0 aliphatic carbocycles. The summed E-state index contributed by atoms with van der Waals surface area (Å²) in [7, 11) is 1.82. The maximum atomic E-state index is 11.8. The second-order valence-electron chi connectivity index (χ2n) is 4.16. The van der Waals surface area contributed by atoms with Crippen LogP contribution >= 0.6 is 0 Å². The minimum atomic E-state index is -0.476. The highest BCUT2D eigenvalue weighted by Gasteiger charge is 2.18. The Hall–Kier alpha value is -2.16. The number of Topliss-reactive ketones (excluding diaryl/α,β-unsaturated/α-hetero) is 1. The van der Waals surface area contributed by atoms with Gasteiger partial charge in [-0.25, -0.2) is 0 Å². The molecular weight excluding hydrogens is 226 g/mol. The molecule has 92 valence electrons. The molecule has 1 aromatic carbocycles. The van der Waals surface area contributed by atoms with E-state index in [0.29, 0.717) is 12.0 Å². The molecule has 0 bridgehead atoms. The fourth-order valence-electron chi connectivity index (χ4n) is 2.19. The Morgan fingerprint density at radius 1 is 1.28 bits per heavy atom. The van der Waals surface area contributed by atoms with E-state index >= 15 is 0 Å². The Labute approximate surface area is 106 Å². The van der Waals surface area contributed by atoms with Crippen LogP contribution in [0.1, 0.15) is 23.1 Å². The molecule has 0 fully saturated rings. The average Bonchev–Trinajstić information content (AvgIpc) is 2.76. The Morgan fingerprint density at radius 2 is 1.94 bits per heavy atom. The lowest BCUT2D eigenvalue weighted by atomic mass is 10.0. The van der Waals surface area contributed by atoms with Gasteiger partial charge < -0.3 is 4.57 Å². The fraction of sp³-hybridized carbons (Fsp3) is 0.200. The van der Waals surface area contributed by atoms with Gasteiger partial charge in [0.2, 0.25) is 5.78 Å². The molecule has 3 heteroatoms. The van der Waals surface area contributed by atoms with E-state index in [1.165, 1.54) is 0 Å². The van der Waals surface area contributed by atoms with Crippen LogP contribution in [0.5, 0.6) is 0 Å². The molecule has 0 spiro atoms. The lowest BCUT2D eigenvalue weighted by Gasteiger charge is -2.04.